The molecule has 5 rings (SSSR count). The van der Waals surface area contributed by atoms with E-state index in [1.807, 2.05) is 24.3 Å². The molecule has 1 unspecified atom stereocenters. The summed E-state index contributed by atoms with van der Waals surface area (Å²) in [5.74, 6) is 0.331. The number of halogens is 1. The van der Waals surface area contributed by atoms with Crippen LogP contribution in [0.3, 0.4) is 0 Å². The molecule has 4 aromatic carbocycles. The third kappa shape index (κ3) is 5.50. The van der Waals surface area contributed by atoms with E-state index in [0.29, 0.717) is 0 Å². The van der Waals surface area contributed by atoms with Crippen LogP contribution in [0.2, 0.25) is 0 Å². The van der Waals surface area contributed by atoms with Crippen molar-refractivity contribution in [2.75, 3.05) is 6.54 Å². The molecule has 0 fully saturated rings. The van der Waals surface area contributed by atoms with Gasteiger partial charge in [-0.05, 0) is 46.9 Å². The molecule has 1 heterocycles. The summed E-state index contributed by atoms with van der Waals surface area (Å²) in [6.07, 6.45) is 0.948. The summed E-state index contributed by atoms with van der Waals surface area (Å²) in [5.41, 5.74) is 4.49. The van der Waals surface area contributed by atoms with Gasteiger partial charge in [-0.15, -0.1) is 12.4 Å². The van der Waals surface area contributed by atoms with Gasteiger partial charge in [-0.1, -0.05) is 84.9 Å². The van der Waals surface area contributed by atoms with E-state index in [-0.39, 0.29) is 36.9 Å². The number of para-hydroxylation sites is 1. The lowest BCUT2D eigenvalue weighted by Crippen LogP contribution is -2.37. The molecule has 0 radical (unpaired) electrons. The molecule has 0 aromatic heterocycles. The Bertz CT molecular complexity index is 1300. The second kappa shape index (κ2) is 10.9. The molecule has 0 spiro atoms. The number of carboxylic acids is 1. The second-order valence-electron chi connectivity index (χ2n) is 9.08. The van der Waals surface area contributed by atoms with Gasteiger partial charge in [0.05, 0.1) is 6.42 Å². The van der Waals surface area contributed by atoms with E-state index in [1.54, 1.807) is 0 Å². The summed E-state index contributed by atoms with van der Waals surface area (Å²) < 4.78 is 6.39. The molecule has 4 nitrogen and oxygen atoms in total. The maximum atomic E-state index is 11.0. The summed E-state index contributed by atoms with van der Waals surface area (Å²) in [7, 11) is 0. The van der Waals surface area contributed by atoms with Crippen LogP contribution in [0.25, 0.3) is 10.8 Å². The first-order chi connectivity index (χ1) is 16.6. The molecule has 0 amide bonds. The number of benzene rings is 4. The van der Waals surface area contributed by atoms with Crippen LogP contribution >= 0.6 is 12.4 Å². The van der Waals surface area contributed by atoms with E-state index >= 15 is 0 Å². The number of rotatable bonds is 7. The Morgan fingerprint density at radius 1 is 0.971 bits per heavy atom. The topological polar surface area (TPSA) is 58.6 Å². The lowest BCUT2D eigenvalue weighted by molar-refractivity contribution is -0.136. The number of ether oxygens (including phenoxy) is 1. The van der Waals surface area contributed by atoms with Crippen molar-refractivity contribution in [1.82, 2.24) is 5.32 Å². The van der Waals surface area contributed by atoms with Crippen molar-refractivity contribution in [1.29, 1.82) is 0 Å². The quantitative estimate of drug-likeness (QED) is 0.311. The summed E-state index contributed by atoms with van der Waals surface area (Å²) in [4.78, 5) is 11.0. The fourth-order valence-electron chi connectivity index (χ4n) is 5.02. The molecule has 1 aliphatic rings. The van der Waals surface area contributed by atoms with Crippen LogP contribution in [-0.4, -0.2) is 23.7 Å². The molecule has 2 N–H and O–H groups in total. The fraction of sp³-hybridized carbons (Fsp3) is 0.233. The van der Waals surface area contributed by atoms with Gasteiger partial charge in [0.2, 0.25) is 0 Å². The minimum Gasteiger partial charge on any atom is -0.489 e. The highest BCUT2D eigenvalue weighted by Gasteiger charge is 2.29. The number of hydrogen-bond donors (Lipinski definition) is 2. The SMILES string of the molecule is CC(NC[C@H]1C[C@H](c2ccc(CC(=O)O)cc2)c2ccccc2O1)c1cccc2ccccc12.Cl. The molecular weight excluding hydrogens is 458 g/mol. The third-order valence-electron chi connectivity index (χ3n) is 6.77. The standard InChI is InChI=1S/C30H29NO3.ClH/c1-20(25-11-6-8-22-7-2-3-9-26(22)25)31-19-24-18-28(27-10-4-5-12-29(27)34-24)23-15-13-21(14-16-23)17-30(32)33;/h2-16,20,24,28,31H,17-19H2,1H3,(H,32,33);1H/t20?,24-,28-;/m1./s1. The number of aliphatic carboxylic acids is 1. The fourth-order valence-corrected chi connectivity index (χ4v) is 5.02. The zero-order chi connectivity index (χ0) is 23.5. The van der Waals surface area contributed by atoms with E-state index in [9.17, 15) is 4.79 Å². The number of hydrogen-bond acceptors (Lipinski definition) is 3. The van der Waals surface area contributed by atoms with Crippen molar-refractivity contribution in [2.45, 2.75) is 37.8 Å². The molecule has 180 valence electrons. The highest BCUT2D eigenvalue weighted by atomic mass is 35.5. The summed E-state index contributed by atoms with van der Waals surface area (Å²) >= 11 is 0. The smallest absolute Gasteiger partial charge is 0.307 e. The van der Waals surface area contributed by atoms with Crippen molar-refractivity contribution in [2.24, 2.45) is 0 Å². The largest absolute Gasteiger partial charge is 0.489 e. The zero-order valence-electron chi connectivity index (χ0n) is 19.7. The molecule has 4 aromatic rings. The van der Waals surface area contributed by atoms with E-state index in [4.69, 9.17) is 9.84 Å². The average molecular weight is 488 g/mol. The van der Waals surface area contributed by atoms with Gasteiger partial charge in [-0.2, -0.15) is 0 Å². The first-order valence-electron chi connectivity index (χ1n) is 11.9. The molecule has 1 aliphatic heterocycles. The van der Waals surface area contributed by atoms with Gasteiger partial charge in [0.1, 0.15) is 11.9 Å². The molecular formula is C30H30ClNO3. The van der Waals surface area contributed by atoms with Crippen LogP contribution in [0, 0.1) is 0 Å². The van der Waals surface area contributed by atoms with Crippen LogP contribution in [0.5, 0.6) is 5.75 Å². The minimum atomic E-state index is -0.810. The lowest BCUT2D eigenvalue weighted by Gasteiger charge is -2.33. The van der Waals surface area contributed by atoms with Crippen LogP contribution in [0.4, 0.5) is 0 Å². The molecule has 0 saturated carbocycles. The molecule has 5 heteroatoms. The van der Waals surface area contributed by atoms with Crippen molar-refractivity contribution in [3.05, 3.63) is 113 Å². The number of carboxylic acid groups (broad SMARTS) is 1. The van der Waals surface area contributed by atoms with Gasteiger partial charge in [0, 0.05) is 24.1 Å². The summed E-state index contributed by atoms with van der Waals surface area (Å²) in [6, 6.07) is 31.4. The minimum absolute atomic E-state index is 0. The molecule has 0 aliphatic carbocycles. The van der Waals surface area contributed by atoms with E-state index in [0.717, 1.165) is 24.3 Å². The van der Waals surface area contributed by atoms with Gasteiger partial charge in [-0.3, -0.25) is 4.79 Å². The maximum Gasteiger partial charge on any atom is 0.307 e. The molecule has 3 atom stereocenters. The van der Waals surface area contributed by atoms with E-state index in [1.165, 1.54) is 27.5 Å². The number of carbonyl (C=O) groups is 1. The second-order valence-corrected chi connectivity index (χ2v) is 9.08. The Morgan fingerprint density at radius 3 is 2.49 bits per heavy atom. The number of nitrogens with one attached hydrogen (secondary N) is 1. The first-order valence-corrected chi connectivity index (χ1v) is 11.9. The highest BCUT2D eigenvalue weighted by molar-refractivity contribution is 5.86. The van der Waals surface area contributed by atoms with Crippen LogP contribution < -0.4 is 10.1 Å². The molecule has 0 bridgehead atoms. The van der Waals surface area contributed by atoms with Gasteiger partial charge >= 0.3 is 5.97 Å². The average Bonchev–Trinajstić information content (AvgIpc) is 2.86. The Labute approximate surface area is 212 Å². The Balaban J connectivity index is 0.00000289. The van der Waals surface area contributed by atoms with Crippen LogP contribution in [-0.2, 0) is 11.2 Å². The van der Waals surface area contributed by atoms with Gasteiger partial charge in [0.25, 0.3) is 0 Å². The van der Waals surface area contributed by atoms with Crippen LogP contribution in [0.1, 0.15) is 47.6 Å². The van der Waals surface area contributed by atoms with Crippen molar-refractivity contribution in [3.63, 3.8) is 0 Å². The molecule has 35 heavy (non-hydrogen) atoms. The lowest BCUT2D eigenvalue weighted by atomic mass is 9.83. The zero-order valence-corrected chi connectivity index (χ0v) is 20.5. The van der Waals surface area contributed by atoms with Crippen LogP contribution in [0.15, 0.2) is 91.0 Å². The Kier molecular flexibility index (Phi) is 7.74. The van der Waals surface area contributed by atoms with Crippen molar-refractivity contribution in [3.8, 4) is 5.75 Å². The number of fused-ring (bicyclic) bond motifs is 2. The van der Waals surface area contributed by atoms with Gasteiger partial charge < -0.3 is 15.2 Å². The normalized spacial score (nSPS) is 17.6. The predicted molar refractivity (Wildman–Crippen MR) is 143 cm³/mol. The predicted octanol–water partition coefficient (Wildman–Crippen LogP) is 6.52. The highest BCUT2D eigenvalue weighted by Crippen LogP contribution is 2.40. The Morgan fingerprint density at radius 2 is 1.69 bits per heavy atom. The van der Waals surface area contributed by atoms with Gasteiger partial charge in [-0.25, -0.2) is 0 Å². The van der Waals surface area contributed by atoms with Gasteiger partial charge in [0.15, 0.2) is 0 Å². The third-order valence-corrected chi connectivity index (χ3v) is 6.77. The van der Waals surface area contributed by atoms with E-state index in [2.05, 4.69) is 79.0 Å². The first kappa shape index (κ1) is 24.8. The summed E-state index contributed by atoms with van der Waals surface area (Å²) in [6.45, 7) is 2.95. The maximum absolute atomic E-state index is 11.0. The molecule has 0 saturated heterocycles. The monoisotopic (exact) mass is 487 g/mol. The van der Waals surface area contributed by atoms with E-state index < -0.39 is 5.97 Å². The Hall–Kier alpha value is -3.34. The van der Waals surface area contributed by atoms with Crippen molar-refractivity contribution >= 4 is 29.1 Å². The van der Waals surface area contributed by atoms with Crippen molar-refractivity contribution < 1.29 is 14.6 Å². The summed E-state index contributed by atoms with van der Waals surface area (Å²) in [5, 5.41) is 15.3.